The minimum absolute atomic E-state index is 0.112. The van der Waals surface area contributed by atoms with Gasteiger partial charge in [-0.2, -0.15) is 0 Å². The Balaban J connectivity index is 2.45. The average molecular weight is 331 g/mol. The summed E-state index contributed by atoms with van der Waals surface area (Å²) in [6.45, 7) is 1.69. The van der Waals surface area contributed by atoms with E-state index in [1.54, 1.807) is 37.3 Å². The van der Waals surface area contributed by atoms with Crippen molar-refractivity contribution in [3.8, 4) is 23.8 Å². The van der Waals surface area contributed by atoms with Crippen LogP contribution in [0.15, 0.2) is 41.3 Å². The Morgan fingerprint density at radius 3 is 2.35 bits per heavy atom. The van der Waals surface area contributed by atoms with Crippen molar-refractivity contribution in [1.82, 2.24) is 0 Å². The van der Waals surface area contributed by atoms with Gasteiger partial charge in [-0.15, -0.1) is 6.42 Å². The molecular weight excluding hydrogens is 314 g/mol. The third-order valence-electron chi connectivity index (χ3n) is 3.25. The van der Waals surface area contributed by atoms with E-state index < -0.39 is 10.0 Å². The van der Waals surface area contributed by atoms with Gasteiger partial charge in [0.1, 0.15) is 0 Å². The van der Waals surface area contributed by atoms with Crippen LogP contribution in [0.2, 0.25) is 0 Å². The number of hydrogen-bond acceptors (Lipinski definition) is 4. The molecule has 0 heterocycles. The maximum Gasteiger partial charge on any atom is 0.262 e. The fourth-order valence-electron chi connectivity index (χ4n) is 2.13. The van der Waals surface area contributed by atoms with Crippen molar-refractivity contribution in [2.75, 3.05) is 18.9 Å². The SMILES string of the molecule is C#Cc1cccc(NS(=O)(=O)c2cc(OC)c(OC)cc2C)c1. The lowest BCUT2D eigenvalue weighted by Crippen LogP contribution is -2.14. The van der Waals surface area contributed by atoms with Crippen LogP contribution in [0.1, 0.15) is 11.1 Å². The Labute approximate surface area is 136 Å². The summed E-state index contributed by atoms with van der Waals surface area (Å²) in [5.74, 6) is 3.28. The van der Waals surface area contributed by atoms with Gasteiger partial charge in [0.2, 0.25) is 0 Å². The van der Waals surface area contributed by atoms with Crippen molar-refractivity contribution in [1.29, 1.82) is 0 Å². The quantitative estimate of drug-likeness (QED) is 0.856. The minimum Gasteiger partial charge on any atom is -0.493 e. The molecule has 0 fully saturated rings. The summed E-state index contributed by atoms with van der Waals surface area (Å²) in [5.41, 5.74) is 1.53. The molecular formula is C17H17NO4S. The predicted octanol–water partition coefficient (Wildman–Crippen LogP) is 2.79. The molecule has 0 aliphatic heterocycles. The summed E-state index contributed by atoms with van der Waals surface area (Å²) in [7, 11) is -0.834. The highest BCUT2D eigenvalue weighted by Gasteiger charge is 2.20. The van der Waals surface area contributed by atoms with E-state index in [-0.39, 0.29) is 4.90 Å². The molecule has 0 amide bonds. The fraction of sp³-hybridized carbons (Fsp3) is 0.176. The molecule has 0 saturated carbocycles. The number of ether oxygens (including phenoxy) is 2. The smallest absolute Gasteiger partial charge is 0.262 e. The third kappa shape index (κ3) is 3.58. The number of nitrogens with one attached hydrogen (secondary N) is 1. The van der Waals surface area contributed by atoms with Crippen LogP contribution in [-0.4, -0.2) is 22.6 Å². The van der Waals surface area contributed by atoms with E-state index in [2.05, 4.69) is 10.6 Å². The lowest BCUT2D eigenvalue weighted by Gasteiger charge is -2.14. The molecule has 1 N–H and O–H groups in total. The van der Waals surface area contributed by atoms with Crippen LogP contribution in [0.4, 0.5) is 5.69 Å². The highest BCUT2D eigenvalue weighted by atomic mass is 32.2. The summed E-state index contributed by atoms with van der Waals surface area (Å²) < 4.78 is 38.1. The highest BCUT2D eigenvalue weighted by Crippen LogP contribution is 2.33. The number of sulfonamides is 1. The third-order valence-corrected chi connectivity index (χ3v) is 4.78. The number of hydrogen-bond donors (Lipinski definition) is 1. The molecule has 0 spiro atoms. The average Bonchev–Trinajstić information content (AvgIpc) is 2.53. The second-order valence-corrected chi connectivity index (χ2v) is 6.45. The first-order valence-electron chi connectivity index (χ1n) is 6.73. The molecule has 0 saturated heterocycles. The molecule has 2 rings (SSSR count). The molecule has 0 bridgehead atoms. The van der Waals surface area contributed by atoms with E-state index in [4.69, 9.17) is 15.9 Å². The highest BCUT2D eigenvalue weighted by molar-refractivity contribution is 7.92. The van der Waals surface area contributed by atoms with E-state index in [9.17, 15) is 8.42 Å². The molecule has 0 radical (unpaired) electrons. The number of terminal acetylenes is 1. The summed E-state index contributed by atoms with van der Waals surface area (Å²) in [6, 6.07) is 9.68. The number of methoxy groups -OCH3 is 2. The Hall–Kier alpha value is -2.65. The summed E-state index contributed by atoms with van der Waals surface area (Å²) in [5, 5.41) is 0. The molecule has 120 valence electrons. The number of aryl methyl sites for hydroxylation is 1. The van der Waals surface area contributed by atoms with Gasteiger partial charge in [0, 0.05) is 11.6 Å². The topological polar surface area (TPSA) is 64.6 Å². The van der Waals surface area contributed by atoms with Crippen LogP contribution in [0.5, 0.6) is 11.5 Å². The zero-order valence-corrected chi connectivity index (χ0v) is 13.9. The van der Waals surface area contributed by atoms with Crippen LogP contribution < -0.4 is 14.2 Å². The molecule has 0 aliphatic carbocycles. The predicted molar refractivity (Wildman–Crippen MR) is 89.5 cm³/mol. The van der Waals surface area contributed by atoms with Gasteiger partial charge in [0.25, 0.3) is 10.0 Å². The fourth-order valence-corrected chi connectivity index (χ4v) is 3.43. The van der Waals surface area contributed by atoms with Crippen LogP contribution in [-0.2, 0) is 10.0 Å². The maximum absolute atomic E-state index is 12.6. The Kier molecular flexibility index (Phi) is 4.82. The molecule has 0 atom stereocenters. The van der Waals surface area contributed by atoms with Gasteiger partial charge in [-0.1, -0.05) is 12.0 Å². The first-order valence-corrected chi connectivity index (χ1v) is 8.21. The van der Waals surface area contributed by atoms with Crippen molar-refractivity contribution in [2.45, 2.75) is 11.8 Å². The lowest BCUT2D eigenvalue weighted by atomic mass is 10.2. The van der Waals surface area contributed by atoms with Crippen LogP contribution in [0.25, 0.3) is 0 Å². The normalized spacial score (nSPS) is 10.7. The molecule has 2 aromatic carbocycles. The van der Waals surface area contributed by atoms with Crippen LogP contribution in [0.3, 0.4) is 0 Å². The van der Waals surface area contributed by atoms with E-state index >= 15 is 0 Å². The molecule has 23 heavy (non-hydrogen) atoms. The van der Waals surface area contributed by atoms with Crippen LogP contribution >= 0.6 is 0 Å². The Morgan fingerprint density at radius 1 is 1.09 bits per heavy atom. The van der Waals surface area contributed by atoms with Crippen molar-refractivity contribution >= 4 is 15.7 Å². The second-order valence-electron chi connectivity index (χ2n) is 4.80. The first-order chi connectivity index (χ1) is 10.9. The van der Waals surface area contributed by atoms with E-state index in [1.165, 1.54) is 20.3 Å². The minimum atomic E-state index is -3.78. The molecule has 6 heteroatoms. The zero-order chi connectivity index (χ0) is 17.0. The van der Waals surface area contributed by atoms with Gasteiger partial charge in [-0.3, -0.25) is 4.72 Å². The largest absolute Gasteiger partial charge is 0.493 e. The van der Waals surface area contributed by atoms with E-state index in [1.807, 2.05) is 0 Å². The van der Waals surface area contributed by atoms with Gasteiger partial charge >= 0.3 is 0 Å². The Bertz CT molecular complexity index is 867. The molecule has 0 aromatic heterocycles. The first kappa shape index (κ1) is 16.7. The molecule has 0 unspecified atom stereocenters. The summed E-state index contributed by atoms with van der Waals surface area (Å²) >= 11 is 0. The van der Waals surface area contributed by atoms with Gasteiger partial charge in [0.05, 0.1) is 24.8 Å². The number of benzene rings is 2. The molecule has 0 aliphatic rings. The van der Waals surface area contributed by atoms with E-state index in [0.717, 1.165) is 0 Å². The van der Waals surface area contributed by atoms with Crippen LogP contribution in [0, 0.1) is 19.3 Å². The number of rotatable bonds is 5. The van der Waals surface area contributed by atoms with Gasteiger partial charge in [-0.25, -0.2) is 8.42 Å². The lowest BCUT2D eigenvalue weighted by molar-refractivity contribution is 0.353. The zero-order valence-electron chi connectivity index (χ0n) is 13.1. The van der Waals surface area contributed by atoms with Crippen molar-refractivity contribution in [3.63, 3.8) is 0 Å². The van der Waals surface area contributed by atoms with Gasteiger partial charge in [0.15, 0.2) is 11.5 Å². The standard InChI is InChI=1S/C17H17NO4S/c1-5-13-7-6-8-14(10-13)18-23(19,20)17-11-16(22-4)15(21-3)9-12(17)2/h1,6-11,18H,2-4H3. The van der Waals surface area contributed by atoms with Gasteiger partial charge in [-0.05, 0) is 36.8 Å². The van der Waals surface area contributed by atoms with Gasteiger partial charge < -0.3 is 9.47 Å². The van der Waals surface area contributed by atoms with E-state index in [0.29, 0.717) is 28.3 Å². The summed E-state index contributed by atoms with van der Waals surface area (Å²) in [6.07, 6.45) is 5.33. The van der Waals surface area contributed by atoms with Crippen molar-refractivity contribution in [3.05, 3.63) is 47.5 Å². The number of anilines is 1. The summed E-state index contributed by atoms with van der Waals surface area (Å²) in [4.78, 5) is 0.112. The maximum atomic E-state index is 12.6. The Morgan fingerprint density at radius 2 is 1.74 bits per heavy atom. The van der Waals surface area contributed by atoms with Crippen molar-refractivity contribution in [2.24, 2.45) is 0 Å². The second kappa shape index (κ2) is 6.63. The molecule has 2 aromatic rings. The molecule has 5 nitrogen and oxygen atoms in total. The monoisotopic (exact) mass is 331 g/mol. The van der Waals surface area contributed by atoms with Crippen molar-refractivity contribution < 1.29 is 17.9 Å².